The molecular formula is C25H21NO7. The summed E-state index contributed by atoms with van der Waals surface area (Å²) in [6.45, 7) is 1.89. The van der Waals surface area contributed by atoms with Crippen LogP contribution in [-0.2, 0) is 9.53 Å². The van der Waals surface area contributed by atoms with Crippen molar-refractivity contribution < 1.29 is 33.4 Å². The number of ether oxygens (including phenoxy) is 2. The number of nitrogens with zero attached hydrogens (tertiary/aromatic N) is 1. The second-order valence-corrected chi connectivity index (χ2v) is 7.19. The van der Waals surface area contributed by atoms with E-state index in [0.29, 0.717) is 17.0 Å². The summed E-state index contributed by atoms with van der Waals surface area (Å²) in [4.78, 5) is 40.0. The Bertz CT molecular complexity index is 1240. The van der Waals surface area contributed by atoms with Crippen LogP contribution < -0.4 is 9.64 Å². The lowest BCUT2D eigenvalue weighted by Crippen LogP contribution is -2.31. The number of hydrogen-bond acceptors (Lipinski definition) is 7. The van der Waals surface area contributed by atoms with Crippen LogP contribution >= 0.6 is 0 Å². The molecule has 1 aromatic heterocycles. The van der Waals surface area contributed by atoms with Crippen molar-refractivity contribution >= 4 is 23.3 Å². The average Bonchev–Trinajstić information content (AvgIpc) is 3.46. The van der Waals surface area contributed by atoms with Crippen LogP contribution in [0.4, 0.5) is 5.69 Å². The Morgan fingerprint density at radius 3 is 2.58 bits per heavy atom. The molecule has 0 saturated carbocycles. The van der Waals surface area contributed by atoms with Crippen molar-refractivity contribution in [3.8, 4) is 5.75 Å². The van der Waals surface area contributed by atoms with Crippen LogP contribution in [-0.4, -0.2) is 36.5 Å². The van der Waals surface area contributed by atoms with E-state index in [2.05, 4.69) is 0 Å². The molecule has 0 aliphatic carbocycles. The highest BCUT2D eigenvalue weighted by Crippen LogP contribution is 2.42. The van der Waals surface area contributed by atoms with Crippen LogP contribution in [0.15, 0.2) is 82.7 Å². The standard InChI is InChI=1S/C25H21NO7/c1-3-32-25(30)16-8-4-9-17(13-16)26-21(15-7-5-10-18(14-15)31-2)20(23(28)24(26)29)22(27)19-11-6-12-33-19/h4-14,21,28H,3H2,1-2H3. The third-order valence-electron chi connectivity index (χ3n) is 5.24. The number of carbonyl (C=O) groups excluding carboxylic acids is 3. The van der Waals surface area contributed by atoms with Gasteiger partial charge in [0.05, 0.1) is 37.2 Å². The Hall–Kier alpha value is -4.33. The minimum Gasteiger partial charge on any atom is -0.503 e. The predicted molar refractivity (Wildman–Crippen MR) is 118 cm³/mol. The molecule has 8 nitrogen and oxygen atoms in total. The van der Waals surface area contributed by atoms with Gasteiger partial charge >= 0.3 is 5.97 Å². The number of amides is 1. The molecule has 33 heavy (non-hydrogen) atoms. The Balaban J connectivity index is 1.86. The van der Waals surface area contributed by atoms with Crippen molar-refractivity contribution in [3.05, 3.63) is 95.1 Å². The molecule has 0 fully saturated rings. The predicted octanol–water partition coefficient (Wildman–Crippen LogP) is 4.25. The molecule has 3 aromatic rings. The van der Waals surface area contributed by atoms with E-state index in [1.54, 1.807) is 55.5 Å². The third-order valence-corrected chi connectivity index (χ3v) is 5.24. The maximum Gasteiger partial charge on any atom is 0.338 e. The van der Waals surface area contributed by atoms with Gasteiger partial charge in [-0.05, 0) is 55.0 Å². The Morgan fingerprint density at radius 2 is 1.88 bits per heavy atom. The molecule has 0 bridgehead atoms. The number of aliphatic hydroxyl groups is 1. The first-order valence-corrected chi connectivity index (χ1v) is 10.2. The molecule has 8 heteroatoms. The summed E-state index contributed by atoms with van der Waals surface area (Å²) in [5.41, 5.74) is 0.942. The molecule has 1 aliphatic rings. The molecule has 1 unspecified atom stereocenters. The van der Waals surface area contributed by atoms with E-state index < -0.39 is 29.5 Å². The highest BCUT2D eigenvalue weighted by atomic mass is 16.5. The van der Waals surface area contributed by atoms with Crippen molar-refractivity contribution in [2.75, 3.05) is 18.6 Å². The monoisotopic (exact) mass is 447 g/mol. The van der Waals surface area contributed by atoms with Gasteiger partial charge in [-0.25, -0.2) is 4.79 Å². The molecule has 1 amide bonds. The number of ketones is 1. The lowest BCUT2D eigenvalue weighted by molar-refractivity contribution is -0.117. The number of methoxy groups -OCH3 is 1. The van der Waals surface area contributed by atoms with Gasteiger partial charge < -0.3 is 19.0 Å². The Labute approximate surface area is 189 Å². The number of esters is 1. The topological polar surface area (TPSA) is 106 Å². The summed E-state index contributed by atoms with van der Waals surface area (Å²) in [6.07, 6.45) is 1.34. The summed E-state index contributed by atoms with van der Waals surface area (Å²) in [6, 6.07) is 15.1. The van der Waals surface area contributed by atoms with E-state index >= 15 is 0 Å². The molecule has 1 atom stereocenters. The lowest BCUT2D eigenvalue weighted by atomic mass is 9.94. The van der Waals surface area contributed by atoms with Crippen molar-refractivity contribution in [1.29, 1.82) is 0 Å². The number of hydrogen-bond donors (Lipinski definition) is 1. The van der Waals surface area contributed by atoms with Crippen molar-refractivity contribution in [1.82, 2.24) is 0 Å². The van der Waals surface area contributed by atoms with Gasteiger partial charge in [0, 0.05) is 5.69 Å². The van der Waals surface area contributed by atoms with Crippen LogP contribution in [0.3, 0.4) is 0 Å². The summed E-state index contributed by atoms with van der Waals surface area (Å²) < 4.78 is 15.6. The third kappa shape index (κ3) is 3.98. The molecule has 2 aromatic carbocycles. The summed E-state index contributed by atoms with van der Waals surface area (Å²) in [5.74, 6) is -2.14. The maximum absolute atomic E-state index is 13.2. The first kappa shape index (κ1) is 21.9. The van der Waals surface area contributed by atoms with Gasteiger partial charge in [0.1, 0.15) is 5.75 Å². The van der Waals surface area contributed by atoms with Crippen LogP contribution in [0.2, 0.25) is 0 Å². The SMILES string of the molecule is CCOC(=O)c1cccc(N2C(=O)C(O)=C(C(=O)c3ccco3)C2c2cccc(OC)c2)c1. The van der Waals surface area contributed by atoms with Crippen molar-refractivity contribution in [2.45, 2.75) is 13.0 Å². The fraction of sp³-hybridized carbons (Fsp3) is 0.160. The number of aliphatic hydroxyl groups excluding tert-OH is 1. The van der Waals surface area contributed by atoms with Gasteiger partial charge in [-0.15, -0.1) is 0 Å². The maximum atomic E-state index is 13.2. The molecule has 168 valence electrons. The zero-order chi connectivity index (χ0) is 23.5. The molecule has 0 saturated heterocycles. The number of benzene rings is 2. The van der Waals surface area contributed by atoms with Crippen LogP contribution in [0.25, 0.3) is 0 Å². The number of Topliss-reactive ketones (excluding diaryl/α,β-unsaturated/α-hetero) is 1. The molecule has 1 N–H and O–H groups in total. The minimum absolute atomic E-state index is 0.0145. The molecule has 2 heterocycles. The number of anilines is 1. The highest BCUT2D eigenvalue weighted by Gasteiger charge is 2.45. The first-order chi connectivity index (χ1) is 16.0. The van der Waals surface area contributed by atoms with E-state index in [4.69, 9.17) is 13.9 Å². The second-order valence-electron chi connectivity index (χ2n) is 7.19. The van der Waals surface area contributed by atoms with E-state index in [-0.39, 0.29) is 23.5 Å². The summed E-state index contributed by atoms with van der Waals surface area (Å²) in [5, 5.41) is 10.8. The molecular weight excluding hydrogens is 426 g/mol. The number of furan rings is 1. The summed E-state index contributed by atoms with van der Waals surface area (Å²) >= 11 is 0. The fourth-order valence-corrected chi connectivity index (χ4v) is 3.77. The Kier molecular flexibility index (Phi) is 5.99. The highest BCUT2D eigenvalue weighted by molar-refractivity contribution is 6.20. The quantitative estimate of drug-likeness (QED) is 0.426. The number of carbonyl (C=O) groups is 3. The first-order valence-electron chi connectivity index (χ1n) is 10.2. The van der Waals surface area contributed by atoms with Gasteiger partial charge in [-0.3, -0.25) is 14.5 Å². The van der Waals surface area contributed by atoms with E-state index in [0.717, 1.165) is 0 Å². The molecule has 4 rings (SSSR count). The zero-order valence-electron chi connectivity index (χ0n) is 18.0. The van der Waals surface area contributed by atoms with Crippen LogP contribution in [0, 0.1) is 0 Å². The molecule has 0 spiro atoms. The minimum atomic E-state index is -0.984. The molecule has 1 aliphatic heterocycles. The van der Waals surface area contributed by atoms with Crippen LogP contribution in [0.1, 0.15) is 39.4 Å². The zero-order valence-corrected chi connectivity index (χ0v) is 18.0. The van der Waals surface area contributed by atoms with Gasteiger partial charge in [0.2, 0.25) is 5.78 Å². The van der Waals surface area contributed by atoms with E-state index in [9.17, 15) is 19.5 Å². The van der Waals surface area contributed by atoms with Gasteiger partial charge in [-0.1, -0.05) is 18.2 Å². The van der Waals surface area contributed by atoms with Crippen LogP contribution in [0.5, 0.6) is 5.75 Å². The fourth-order valence-electron chi connectivity index (χ4n) is 3.77. The average molecular weight is 447 g/mol. The second kappa shape index (κ2) is 9.04. The van der Waals surface area contributed by atoms with Gasteiger partial charge in [-0.2, -0.15) is 0 Å². The molecule has 0 radical (unpaired) electrons. The Morgan fingerprint density at radius 1 is 1.09 bits per heavy atom. The van der Waals surface area contributed by atoms with E-state index in [1.807, 2.05) is 0 Å². The smallest absolute Gasteiger partial charge is 0.338 e. The van der Waals surface area contributed by atoms with Gasteiger partial charge in [0.25, 0.3) is 5.91 Å². The van der Waals surface area contributed by atoms with E-state index in [1.165, 1.54) is 30.4 Å². The van der Waals surface area contributed by atoms with Gasteiger partial charge in [0.15, 0.2) is 11.5 Å². The number of rotatable bonds is 7. The van der Waals surface area contributed by atoms with Crippen molar-refractivity contribution in [3.63, 3.8) is 0 Å². The van der Waals surface area contributed by atoms with Crippen molar-refractivity contribution in [2.24, 2.45) is 0 Å². The largest absolute Gasteiger partial charge is 0.503 e. The summed E-state index contributed by atoms with van der Waals surface area (Å²) in [7, 11) is 1.50. The normalized spacial score (nSPS) is 15.6. The lowest BCUT2D eigenvalue weighted by Gasteiger charge is -2.27.